The van der Waals surface area contributed by atoms with Crippen LogP contribution >= 0.6 is 0 Å². The number of hydrogen-bond donors (Lipinski definition) is 1. The molecule has 0 saturated heterocycles. The SMILES string of the molecule is Nc1ncccc1C(=O)Cc1ccccn1. The monoisotopic (exact) mass is 213 g/mol. The molecular weight excluding hydrogens is 202 g/mol. The Balaban J connectivity index is 2.19. The molecular formula is C12H11N3O. The largest absolute Gasteiger partial charge is 0.383 e. The van der Waals surface area contributed by atoms with Gasteiger partial charge in [-0.1, -0.05) is 6.07 Å². The highest BCUT2D eigenvalue weighted by Crippen LogP contribution is 2.10. The lowest BCUT2D eigenvalue weighted by Crippen LogP contribution is -2.08. The molecule has 2 aromatic rings. The van der Waals surface area contributed by atoms with Gasteiger partial charge in [0.2, 0.25) is 0 Å². The van der Waals surface area contributed by atoms with E-state index in [9.17, 15) is 4.79 Å². The Morgan fingerprint density at radius 3 is 2.62 bits per heavy atom. The van der Waals surface area contributed by atoms with Crippen LogP contribution in [0.15, 0.2) is 42.7 Å². The molecule has 2 rings (SSSR count). The second kappa shape index (κ2) is 4.53. The minimum atomic E-state index is -0.0655. The Bertz CT molecular complexity index is 497. The molecule has 0 aromatic carbocycles. The lowest BCUT2D eigenvalue weighted by molar-refractivity contribution is 0.0992. The zero-order valence-electron chi connectivity index (χ0n) is 8.63. The van der Waals surface area contributed by atoms with Crippen molar-refractivity contribution in [2.75, 3.05) is 5.73 Å². The van der Waals surface area contributed by atoms with Gasteiger partial charge in [-0.3, -0.25) is 9.78 Å². The number of ketones is 1. The average molecular weight is 213 g/mol. The van der Waals surface area contributed by atoms with Gasteiger partial charge in [0.1, 0.15) is 5.82 Å². The Morgan fingerprint density at radius 1 is 1.12 bits per heavy atom. The van der Waals surface area contributed by atoms with Crippen LogP contribution in [0.4, 0.5) is 5.82 Å². The molecule has 0 aliphatic heterocycles. The van der Waals surface area contributed by atoms with Crippen LogP contribution in [0, 0.1) is 0 Å². The van der Waals surface area contributed by atoms with E-state index in [0.717, 1.165) is 5.69 Å². The van der Waals surface area contributed by atoms with Gasteiger partial charge in [0.15, 0.2) is 5.78 Å². The van der Waals surface area contributed by atoms with Gasteiger partial charge in [0, 0.05) is 18.1 Å². The van der Waals surface area contributed by atoms with E-state index in [1.54, 1.807) is 24.5 Å². The predicted octanol–water partition coefficient (Wildman–Crippen LogP) is 1.48. The minimum Gasteiger partial charge on any atom is -0.383 e. The Morgan fingerprint density at radius 2 is 1.94 bits per heavy atom. The number of anilines is 1. The second-order valence-electron chi connectivity index (χ2n) is 3.36. The summed E-state index contributed by atoms with van der Waals surface area (Å²) in [6.45, 7) is 0. The molecule has 16 heavy (non-hydrogen) atoms. The van der Waals surface area contributed by atoms with Crippen molar-refractivity contribution in [3.05, 3.63) is 54.0 Å². The molecule has 0 aliphatic carbocycles. The van der Waals surface area contributed by atoms with E-state index < -0.39 is 0 Å². The van der Waals surface area contributed by atoms with Crippen molar-refractivity contribution in [1.82, 2.24) is 9.97 Å². The molecule has 0 fully saturated rings. The molecule has 0 radical (unpaired) electrons. The molecule has 0 aliphatic rings. The quantitative estimate of drug-likeness (QED) is 0.784. The topological polar surface area (TPSA) is 68.9 Å². The van der Waals surface area contributed by atoms with Crippen LogP contribution in [0.1, 0.15) is 16.1 Å². The fourth-order valence-electron chi connectivity index (χ4n) is 1.42. The first-order valence-corrected chi connectivity index (χ1v) is 4.91. The van der Waals surface area contributed by atoms with Gasteiger partial charge in [-0.25, -0.2) is 4.98 Å². The van der Waals surface area contributed by atoms with E-state index in [2.05, 4.69) is 9.97 Å². The third-order valence-corrected chi connectivity index (χ3v) is 2.21. The molecule has 0 bridgehead atoms. The standard InChI is InChI=1S/C12H11N3O/c13-12-10(5-3-7-15-12)11(16)8-9-4-1-2-6-14-9/h1-7H,8H2,(H2,13,15). The van der Waals surface area contributed by atoms with E-state index in [0.29, 0.717) is 5.56 Å². The summed E-state index contributed by atoms with van der Waals surface area (Å²) in [6.07, 6.45) is 3.47. The third-order valence-electron chi connectivity index (χ3n) is 2.21. The third kappa shape index (κ3) is 2.23. The summed E-state index contributed by atoms with van der Waals surface area (Å²) in [4.78, 5) is 19.8. The maximum atomic E-state index is 11.9. The van der Waals surface area contributed by atoms with Crippen LogP contribution in [-0.4, -0.2) is 15.8 Å². The number of nitrogens with two attached hydrogens (primary N) is 1. The van der Waals surface area contributed by atoms with Crippen molar-refractivity contribution in [1.29, 1.82) is 0 Å². The van der Waals surface area contributed by atoms with Crippen LogP contribution in [-0.2, 0) is 6.42 Å². The van der Waals surface area contributed by atoms with Crippen LogP contribution in [0.2, 0.25) is 0 Å². The smallest absolute Gasteiger partial charge is 0.172 e. The predicted molar refractivity (Wildman–Crippen MR) is 60.9 cm³/mol. The first-order valence-electron chi connectivity index (χ1n) is 4.91. The zero-order valence-corrected chi connectivity index (χ0v) is 8.63. The van der Waals surface area contributed by atoms with Crippen molar-refractivity contribution in [3.8, 4) is 0 Å². The van der Waals surface area contributed by atoms with E-state index in [4.69, 9.17) is 5.73 Å². The lowest BCUT2D eigenvalue weighted by Gasteiger charge is -2.02. The van der Waals surface area contributed by atoms with Crippen molar-refractivity contribution >= 4 is 11.6 Å². The van der Waals surface area contributed by atoms with Crippen molar-refractivity contribution < 1.29 is 4.79 Å². The van der Waals surface area contributed by atoms with Crippen molar-refractivity contribution in [3.63, 3.8) is 0 Å². The van der Waals surface area contributed by atoms with Gasteiger partial charge in [-0.05, 0) is 24.3 Å². The number of hydrogen-bond acceptors (Lipinski definition) is 4. The molecule has 0 unspecified atom stereocenters. The highest BCUT2D eigenvalue weighted by atomic mass is 16.1. The van der Waals surface area contributed by atoms with Crippen LogP contribution in [0.5, 0.6) is 0 Å². The Kier molecular flexibility index (Phi) is 2.91. The maximum Gasteiger partial charge on any atom is 0.172 e. The number of carbonyl (C=O) groups excluding carboxylic acids is 1. The lowest BCUT2D eigenvalue weighted by atomic mass is 10.1. The second-order valence-corrected chi connectivity index (χ2v) is 3.36. The first kappa shape index (κ1) is 10.3. The summed E-state index contributed by atoms with van der Waals surface area (Å²) in [5.41, 5.74) is 6.81. The molecule has 2 aromatic heterocycles. The molecule has 0 spiro atoms. The average Bonchev–Trinajstić information content (AvgIpc) is 2.31. The fraction of sp³-hybridized carbons (Fsp3) is 0.0833. The highest BCUT2D eigenvalue weighted by molar-refractivity contribution is 6.00. The fourth-order valence-corrected chi connectivity index (χ4v) is 1.42. The summed E-state index contributed by atoms with van der Waals surface area (Å²) in [5.74, 6) is 0.202. The minimum absolute atomic E-state index is 0.0655. The van der Waals surface area contributed by atoms with Gasteiger partial charge in [-0.15, -0.1) is 0 Å². The number of pyridine rings is 2. The normalized spacial score (nSPS) is 10.0. The molecule has 0 amide bonds. The summed E-state index contributed by atoms with van der Waals surface area (Å²) in [5, 5.41) is 0. The van der Waals surface area contributed by atoms with Crippen molar-refractivity contribution in [2.45, 2.75) is 6.42 Å². The Labute approximate surface area is 93.2 Å². The number of rotatable bonds is 3. The molecule has 4 nitrogen and oxygen atoms in total. The molecule has 2 heterocycles. The molecule has 0 saturated carbocycles. The summed E-state index contributed by atoms with van der Waals surface area (Å²) in [7, 11) is 0. The maximum absolute atomic E-state index is 11.9. The summed E-state index contributed by atoms with van der Waals surface area (Å²) >= 11 is 0. The highest BCUT2D eigenvalue weighted by Gasteiger charge is 2.10. The summed E-state index contributed by atoms with van der Waals surface area (Å²) in [6, 6.07) is 8.84. The molecule has 2 N–H and O–H groups in total. The van der Waals surface area contributed by atoms with Gasteiger partial charge in [-0.2, -0.15) is 0 Å². The van der Waals surface area contributed by atoms with Crippen LogP contribution < -0.4 is 5.73 Å². The number of Topliss-reactive ketones (excluding diaryl/α,β-unsaturated/α-hetero) is 1. The van der Waals surface area contributed by atoms with Gasteiger partial charge >= 0.3 is 0 Å². The summed E-state index contributed by atoms with van der Waals surface area (Å²) < 4.78 is 0. The number of nitrogens with zero attached hydrogens (tertiary/aromatic N) is 2. The number of aromatic nitrogens is 2. The van der Waals surface area contributed by atoms with Gasteiger partial charge in [0.25, 0.3) is 0 Å². The van der Waals surface area contributed by atoms with Gasteiger partial charge in [0.05, 0.1) is 12.0 Å². The molecule has 0 atom stereocenters. The van der Waals surface area contributed by atoms with Crippen LogP contribution in [0.25, 0.3) is 0 Å². The van der Waals surface area contributed by atoms with Crippen LogP contribution in [0.3, 0.4) is 0 Å². The first-order chi connectivity index (χ1) is 7.77. The molecule has 80 valence electrons. The number of carbonyl (C=O) groups is 1. The van der Waals surface area contributed by atoms with Gasteiger partial charge < -0.3 is 5.73 Å². The van der Waals surface area contributed by atoms with E-state index in [1.807, 2.05) is 18.2 Å². The number of nitrogen functional groups attached to an aromatic ring is 1. The molecule has 4 heteroatoms. The van der Waals surface area contributed by atoms with E-state index in [-0.39, 0.29) is 18.0 Å². The van der Waals surface area contributed by atoms with E-state index >= 15 is 0 Å². The zero-order chi connectivity index (χ0) is 11.4. The van der Waals surface area contributed by atoms with Crippen molar-refractivity contribution in [2.24, 2.45) is 0 Å². The van der Waals surface area contributed by atoms with E-state index in [1.165, 1.54) is 0 Å². The Hall–Kier alpha value is -2.23.